The van der Waals surface area contributed by atoms with Crippen molar-refractivity contribution >= 4 is 22.9 Å². The van der Waals surface area contributed by atoms with Gasteiger partial charge in [-0.1, -0.05) is 12.1 Å². The van der Waals surface area contributed by atoms with E-state index in [0.29, 0.717) is 16.8 Å². The van der Waals surface area contributed by atoms with Crippen LogP contribution in [0.3, 0.4) is 0 Å². The van der Waals surface area contributed by atoms with Crippen LogP contribution in [-0.2, 0) is 0 Å². The zero-order valence-corrected chi connectivity index (χ0v) is 15.5. The summed E-state index contributed by atoms with van der Waals surface area (Å²) in [5.74, 6) is 0.623. The molecule has 25 heavy (non-hydrogen) atoms. The van der Waals surface area contributed by atoms with E-state index in [4.69, 9.17) is 0 Å². The van der Waals surface area contributed by atoms with E-state index in [1.807, 2.05) is 31.3 Å². The molecule has 4 heterocycles. The quantitative estimate of drug-likeness (QED) is 0.884. The molecule has 0 spiro atoms. The SMILES string of the molecule is CNc1ccccc1-c1ncc(C(=O)N[C@@H]2C3CCN(CC3)[C@@H]2C)s1. The van der Waals surface area contributed by atoms with E-state index in [9.17, 15) is 4.79 Å². The summed E-state index contributed by atoms with van der Waals surface area (Å²) in [4.78, 5) is 20.4. The third-order valence-electron chi connectivity index (χ3n) is 5.63. The number of nitrogens with one attached hydrogen (secondary N) is 2. The molecule has 3 fully saturated rings. The minimum Gasteiger partial charge on any atom is -0.388 e. The van der Waals surface area contributed by atoms with E-state index in [1.165, 1.54) is 37.3 Å². The highest BCUT2D eigenvalue weighted by molar-refractivity contribution is 7.17. The first-order valence-electron chi connectivity index (χ1n) is 8.95. The van der Waals surface area contributed by atoms with Gasteiger partial charge in [0.2, 0.25) is 0 Å². The number of benzene rings is 1. The van der Waals surface area contributed by atoms with Gasteiger partial charge in [-0.25, -0.2) is 4.98 Å². The fraction of sp³-hybridized carbons (Fsp3) is 0.474. The summed E-state index contributed by atoms with van der Waals surface area (Å²) >= 11 is 1.46. The van der Waals surface area contributed by atoms with Crippen molar-refractivity contribution in [1.29, 1.82) is 0 Å². The van der Waals surface area contributed by atoms with Gasteiger partial charge in [-0.15, -0.1) is 11.3 Å². The van der Waals surface area contributed by atoms with Crippen LogP contribution >= 0.6 is 11.3 Å². The van der Waals surface area contributed by atoms with Crippen LogP contribution in [0.4, 0.5) is 5.69 Å². The number of carbonyl (C=O) groups excluding carboxylic acids is 1. The van der Waals surface area contributed by atoms with Gasteiger partial charge in [0, 0.05) is 30.4 Å². The molecule has 2 atom stereocenters. The Kier molecular flexibility index (Phi) is 4.48. The van der Waals surface area contributed by atoms with Crippen molar-refractivity contribution in [3.8, 4) is 10.6 Å². The van der Waals surface area contributed by atoms with Gasteiger partial charge in [0.25, 0.3) is 5.91 Å². The van der Waals surface area contributed by atoms with E-state index in [-0.39, 0.29) is 11.9 Å². The molecule has 132 valence electrons. The van der Waals surface area contributed by atoms with Crippen molar-refractivity contribution < 1.29 is 4.79 Å². The van der Waals surface area contributed by atoms with Gasteiger partial charge in [-0.3, -0.25) is 9.69 Å². The van der Waals surface area contributed by atoms with Gasteiger partial charge in [0.05, 0.1) is 6.20 Å². The summed E-state index contributed by atoms with van der Waals surface area (Å²) in [6.07, 6.45) is 4.09. The number of anilines is 1. The molecule has 0 radical (unpaired) electrons. The third-order valence-corrected chi connectivity index (χ3v) is 6.66. The summed E-state index contributed by atoms with van der Waals surface area (Å²) in [5.41, 5.74) is 2.06. The van der Waals surface area contributed by atoms with E-state index < -0.39 is 0 Å². The highest BCUT2D eigenvalue weighted by Gasteiger charge is 2.40. The number of carbonyl (C=O) groups is 1. The van der Waals surface area contributed by atoms with Gasteiger partial charge in [-0.2, -0.15) is 0 Å². The molecule has 1 amide bonds. The fourth-order valence-electron chi connectivity index (χ4n) is 4.16. The number of amides is 1. The number of aromatic nitrogens is 1. The molecule has 3 aliphatic heterocycles. The second-order valence-corrected chi connectivity index (χ2v) is 7.97. The Labute approximate surface area is 152 Å². The van der Waals surface area contributed by atoms with Gasteiger partial charge >= 0.3 is 0 Å². The maximum absolute atomic E-state index is 12.8. The lowest BCUT2D eigenvalue weighted by molar-refractivity contribution is 0.0218. The lowest BCUT2D eigenvalue weighted by atomic mass is 9.79. The number of para-hydroxylation sites is 1. The molecular formula is C19H24N4OS. The molecule has 1 aromatic carbocycles. The number of rotatable bonds is 4. The highest BCUT2D eigenvalue weighted by Crippen LogP contribution is 2.34. The van der Waals surface area contributed by atoms with E-state index in [2.05, 4.69) is 27.4 Å². The van der Waals surface area contributed by atoms with Crippen LogP contribution in [-0.4, -0.2) is 48.0 Å². The van der Waals surface area contributed by atoms with Crippen LogP contribution in [0.15, 0.2) is 30.5 Å². The number of hydrogen-bond acceptors (Lipinski definition) is 5. The zero-order chi connectivity index (χ0) is 17.4. The Morgan fingerprint density at radius 2 is 2.04 bits per heavy atom. The van der Waals surface area contributed by atoms with Gasteiger partial charge in [-0.05, 0) is 50.9 Å². The molecule has 3 saturated heterocycles. The number of hydrogen-bond donors (Lipinski definition) is 2. The Hall–Kier alpha value is -1.92. The lowest BCUT2D eigenvalue weighted by Crippen LogP contribution is -2.62. The molecule has 2 N–H and O–H groups in total. The summed E-state index contributed by atoms with van der Waals surface area (Å²) in [5, 5.41) is 7.34. The highest BCUT2D eigenvalue weighted by atomic mass is 32.1. The summed E-state index contributed by atoms with van der Waals surface area (Å²) < 4.78 is 0. The second-order valence-electron chi connectivity index (χ2n) is 6.94. The van der Waals surface area contributed by atoms with E-state index in [0.717, 1.165) is 16.3 Å². The maximum Gasteiger partial charge on any atom is 0.263 e. The Morgan fingerprint density at radius 1 is 1.28 bits per heavy atom. The molecule has 0 aliphatic carbocycles. The molecule has 5 rings (SSSR count). The predicted octanol–water partition coefficient (Wildman–Crippen LogP) is 3.06. The van der Waals surface area contributed by atoms with Crippen molar-refractivity contribution in [3.05, 3.63) is 35.3 Å². The van der Waals surface area contributed by atoms with Gasteiger partial charge in [0.1, 0.15) is 9.88 Å². The number of nitrogens with zero attached hydrogens (tertiary/aromatic N) is 2. The average Bonchev–Trinajstić information content (AvgIpc) is 3.15. The lowest BCUT2D eigenvalue weighted by Gasteiger charge is -2.49. The molecule has 2 aromatic rings. The van der Waals surface area contributed by atoms with Crippen LogP contribution in [0, 0.1) is 5.92 Å². The average molecular weight is 356 g/mol. The van der Waals surface area contributed by atoms with Crippen molar-refractivity contribution in [2.75, 3.05) is 25.5 Å². The Balaban J connectivity index is 1.51. The topological polar surface area (TPSA) is 57.3 Å². The monoisotopic (exact) mass is 356 g/mol. The third kappa shape index (κ3) is 3.04. The molecule has 0 unspecified atom stereocenters. The minimum absolute atomic E-state index is 0.0105. The minimum atomic E-state index is 0.0105. The fourth-order valence-corrected chi connectivity index (χ4v) is 5.02. The smallest absolute Gasteiger partial charge is 0.263 e. The summed E-state index contributed by atoms with van der Waals surface area (Å²) in [6, 6.07) is 8.71. The summed E-state index contributed by atoms with van der Waals surface area (Å²) in [6.45, 7) is 4.57. The van der Waals surface area contributed by atoms with Crippen LogP contribution in [0.5, 0.6) is 0 Å². The molecular weight excluding hydrogens is 332 g/mol. The normalized spacial score (nSPS) is 27.9. The first-order chi connectivity index (χ1) is 12.2. The Morgan fingerprint density at radius 3 is 2.76 bits per heavy atom. The molecule has 6 heteroatoms. The maximum atomic E-state index is 12.8. The largest absolute Gasteiger partial charge is 0.388 e. The molecule has 0 saturated carbocycles. The molecule has 3 aliphatic rings. The first-order valence-corrected chi connectivity index (χ1v) is 9.77. The van der Waals surface area contributed by atoms with Gasteiger partial charge in [0.15, 0.2) is 0 Å². The number of fused-ring (bicyclic) bond motifs is 3. The van der Waals surface area contributed by atoms with Crippen LogP contribution in [0.2, 0.25) is 0 Å². The number of thiazole rings is 1. The van der Waals surface area contributed by atoms with Crippen LogP contribution < -0.4 is 10.6 Å². The number of piperidine rings is 3. The van der Waals surface area contributed by atoms with Crippen molar-refractivity contribution in [2.24, 2.45) is 5.92 Å². The second kappa shape index (κ2) is 6.77. The summed E-state index contributed by atoms with van der Waals surface area (Å²) in [7, 11) is 1.90. The first kappa shape index (κ1) is 16.5. The van der Waals surface area contributed by atoms with Crippen molar-refractivity contribution in [2.45, 2.75) is 31.8 Å². The van der Waals surface area contributed by atoms with E-state index in [1.54, 1.807) is 6.20 Å². The van der Waals surface area contributed by atoms with Gasteiger partial charge < -0.3 is 10.6 Å². The van der Waals surface area contributed by atoms with Crippen LogP contribution in [0.25, 0.3) is 10.6 Å². The zero-order valence-electron chi connectivity index (χ0n) is 14.7. The van der Waals surface area contributed by atoms with E-state index >= 15 is 0 Å². The predicted molar refractivity (Wildman–Crippen MR) is 102 cm³/mol. The molecule has 1 aromatic heterocycles. The van der Waals surface area contributed by atoms with Crippen molar-refractivity contribution in [1.82, 2.24) is 15.2 Å². The van der Waals surface area contributed by atoms with Crippen LogP contribution in [0.1, 0.15) is 29.4 Å². The standard InChI is InChI=1S/C19H24N4OS/c1-12-17(13-7-9-23(12)10-8-13)22-18(24)16-11-21-19(25-16)14-5-3-4-6-15(14)20-2/h3-6,11-13,17,20H,7-10H2,1-2H3,(H,22,24)/t12-,17+/m1/s1. The van der Waals surface area contributed by atoms with Crippen molar-refractivity contribution in [3.63, 3.8) is 0 Å². The molecule has 5 nitrogen and oxygen atoms in total. The molecule has 2 bridgehead atoms. The Bertz CT molecular complexity index is 764.